The van der Waals surface area contributed by atoms with E-state index in [9.17, 15) is 4.79 Å². The third-order valence-electron chi connectivity index (χ3n) is 4.29. The zero-order chi connectivity index (χ0) is 17.1. The summed E-state index contributed by atoms with van der Waals surface area (Å²) < 4.78 is 2.00. The SMILES string of the molecule is O=C(NCCn1ncc(-c2ccccn2)c1C1CC1)c1ccccn1. The van der Waals surface area contributed by atoms with Crippen molar-refractivity contribution in [2.24, 2.45) is 0 Å². The standard InChI is InChI=1S/C19H19N5O/c25-19(17-6-2-4-10-21-17)22-11-12-24-18(14-7-8-14)15(13-23-24)16-5-1-3-9-20-16/h1-6,9-10,13-14H,7-8,11-12H2,(H,22,25). The minimum absolute atomic E-state index is 0.161. The Bertz CT molecular complexity index is 856. The molecule has 0 saturated heterocycles. The van der Waals surface area contributed by atoms with Crippen LogP contribution in [0.2, 0.25) is 0 Å². The second-order valence-electron chi connectivity index (χ2n) is 6.13. The van der Waals surface area contributed by atoms with E-state index in [1.165, 1.54) is 18.5 Å². The Morgan fingerprint density at radius 3 is 2.60 bits per heavy atom. The molecule has 0 unspecified atom stereocenters. The van der Waals surface area contributed by atoms with E-state index < -0.39 is 0 Å². The molecule has 6 nitrogen and oxygen atoms in total. The Kier molecular flexibility index (Phi) is 4.24. The fourth-order valence-electron chi connectivity index (χ4n) is 2.94. The van der Waals surface area contributed by atoms with Gasteiger partial charge in [0.2, 0.25) is 0 Å². The minimum atomic E-state index is -0.161. The van der Waals surface area contributed by atoms with Gasteiger partial charge in [0.05, 0.1) is 24.1 Å². The first-order valence-electron chi connectivity index (χ1n) is 8.49. The molecule has 0 radical (unpaired) electrons. The topological polar surface area (TPSA) is 72.7 Å². The van der Waals surface area contributed by atoms with Crippen LogP contribution in [0, 0.1) is 0 Å². The van der Waals surface area contributed by atoms with Crippen molar-refractivity contribution < 1.29 is 4.79 Å². The van der Waals surface area contributed by atoms with Crippen molar-refractivity contribution in [1.82, 2.24) is 25.1 Å². The van der Waals surface area contributed by atoms with Crippen LogP contribution in [0.4, 0.5) is 0 Å². The largest absolute Gasteiger partial charge is 0.349 e. The number of carbonyl (C=O) groups excluding carboxylic acids is 1. The number of amides is 1. The lowest BCUT2D eigenvalue weighted by Gasteiger charge is -2.10. The molecule has 1 aliphatic carbocycles. The Morgan fingerprint density at radius 2 is 1.92 bits per heavy atom. The minimum Gasteiger partial charge on any atom is -0.349 e. The molecule has 25 heavy (non-hydrogen) atoms. The maximum absolute atomic E-state index is 12.1. The summed E-state index contributed by atoms with van der Waals surface area (Å²) in [5.41, 5.74) is 3.71. The summed E-state index contributed by atoms with van der Waals surface area (Å²) in [5.74, 6) is 0.386. The van der Waals surface area contributed by atoms with Crippen molar-refractivity contribution in [3.8, 4) is 11.3 Å². The summed E-state index contributed by atoms with van der Waals surface area (Å²) in [6.45, 7) is 1.15. The van der Waals surface area contributed by atoms with Crippen LogP contribution in [-0.4, -0.2) is 32.2 Å². The molecule has 0 aliphatic heterocycles. The van der Waals surface area contributed by atoms with Crippen molar-refractivity contribution in [1.29, 1.82) is 0 Å². The highest BCUT2D eigenvalue weighted by atomic mass is 16.1. The van der Waals surface area contributed by atoms with Crippen LogP contribution in [0.15, 0.2) is 55.0 Å². The number of hydrogen-bond donors (Lipinski definition) is 1. The van der Waals surface area contributed by atoms with E-state index in [4.69, 9.17) is 0 Å². The summed E-state index contributed by atoms with van der Waals surface area (Å²) >= 11 is 0. The molecular formula is C19H19N5O. The van der Waals surface area contributed by atoms with Crippen LogP contribution < -0.4 is 5.32 Å². The molecule has 0 atom stereocenters. The molecule has 3 aromatic heterocycles. The van der Waals surface area contributed by atoms with Gasteiger partial charge in [0.15, 0.2) is 0 Å². The number of nitrogens with one attached hydrogen (secondary N) is 1. The zero-order valence-corrected chi connectivity index (χ0v) is 13.8. The van der Waals surface area contributed by atoms with Crippen LogP contribution in [0.3, 0.4) is 0 Å². The molecule has 1 amide bonds. The molecule has 0 spiro atoms. The molecule has 6 heteroatoms. The fourth-order valence-corrected chi connectivity index (χ4v) is 2.94. The van der Waals surface area contributed by atoms with Gasteiger partial charge in [-0.25, -0.2) is 0 Å². The first-order valence-corrected chi connectivity index (χ1v) is 8.49. The fraction of sp³-hybridized carbons (Fsp3) is 0.263. The van der Waals surface area contributed by atoms with Crippen molar-refractivity contribution >= 4 is 5.91 Å². The lowest BCUT2D eigenvalue weighted by Crippen LogP contribution is -2.28. The predicted molar refractivity (Wildman–Crippen MR) is 94.0 cm³/mol. The summed E-state index contributed by atoms with van der Waals surface area (Å²) in [6.07, 6.45) is 7.68. The maximum atomic E-state index is 12.1. The first kappa shape index (κ1) is 15.5. The van der Waals surface area contributed by atoms with Crippen LogP contribution in [0.25, 0.3) is 11.3 Å². The second kappa shape index (κ2) is 6.84. The van der Waals surface area contributed by atoms with Gasteiger partial charge in [-0.2, -0.15) is 5.10 Å². The van der Waals surface area contributed by atoms with Gasteiger partial charge in [0.1, 0.15) is 5.69 Å². The number of rotatable bonds is 6. The van der Waals surface area contributed by atoms with E-state index in [2.05, 4.69) is 20.4 Å². The Balaban J connectivity index is 1.46. The molecule has 126 valence electrons. The molecule has 1 saturated carbocycles. The van der Waals surface area contributed by atoms with Gasteiger partial charge in [-0.3, -0.25) is 19.4 Å². The van der Waals surface area contributed by atoms with E-state index in [1.807, 2.05) is 29.1 Å². The highest BCUT2D eigenvalue weighted by Gasteiger charge is 2.30. The lowest BCUT2D eigenvalue weighted by molar-refractivity contribution is 0.0947. The third-order valence-corrected chi connectivity index (χ3v) is 4.29. The van der Waals surface area contributed by atoms with Crippen LogP contribution >= 0.6 is 0 Å². The van der Waals surface area contributed by atoms with Crippen molar-refractivity contribution in [2.75, 3.05) is 6.54 Å². The van der Waals surface area contributed by atoms with E-state index in [0.717, 1.165) is 11.3 Å². The van der Waals surface area contributed by atoms with Crippen LogP contribution in [-0.2, 0) is 6.54 Å². The van der Waals surface area contributed by atoms with Gasteiger partial charge in [0.25, 0.3) is 5.91 Å². The van der Waals surface area contributed by atoms with E-state index >= 15 is 0 Å². The van der Waals surface area contributed by atoms with Crippen LogP contribution in [0.1, 0.15) is 34.9 Å². The second-order valence-corrected chi connectivity index (χ2v) is 6.13. The number of aromatic nitrogens is 4. The van der Waals surface area contributed by atoms with Gasteiger partial charge in [0, 0.05) is 30.4 Å². The van der Waals surface area contributed by atoms with Gasteiger partial charge in [-0.1, -0.05) is 12.1 Å². The van der Waals surface area contributed by atoms with Crippen molar-refractivity contribution in [3.63, 3.8) is 0 Å². The zero-order valence-electron chi connectivity index (χ0n) is 13.8. The predicted octanol–water partition coefficient (Wildman–Crippen LogP) is 2.65. The Morgan fingerprint density at radius 1 is 1.12 bits per heavy atom. The number of hydrogen-bond acceptors (Lipinski definition) is 4. The molecule has 0 aromatic carbocycles. The monoisotopic (exact) mass is 333 g/mol. The molecule has 1 fully saturated rings. The highest BCUT2D eigenvalue weighted by Crippen LogP contribution is 2.44. The van der Waals surface area contributed by atoms with Gasteiger partial charge in [-0.15, -0.1) is 0 Å². The lowest BCUT2D eigenvalue weighted by atomic mass is 10.1. The first-order chi connectivity index (χ1) is 12.3. The Hall–Kier alpha value is -3.02. The van der Waals surface area contributed by atoms with Gasteiger partial charge >= 0.3 is 0 Å². The van der Waals surface area contributed by atoms with E-state index in [-0.39, 0.29) is 5.91 Å². The van der Waals surface area contributed by atoms with Crippen LogP contribution in [0.5, 0.6) is 0 Å². The average Bonchev–Trinajstić information content (AvgIpc) is 3.43. The smallest absolute Gasteiger partial charge is 0.269 e. The molecular weight excluding hydrogens is 314 g/mol. The number of nitrogens with zero attached hydrogens (tertiary/aromatic N) is 4. The van der Waals surface area contributed by atoms with E-state index in [0.29, 0.717) is 24.7 Å². The number of carbonyl (C=O) groups is 1. The molecule has 1 N–H and O–H groups in total. The quantitative estimate of drug-likeness (QED) is 0.753. The van der Waals surface area contributed by atoms with Crippen molar-refractivity contribution in [3.05, 3.63) is 66.4 Å². The summed E-state index contributed by atoms with van der Waals surface area (Å²) in [4.78, 5) is 20.6. The molecule has 4 rings (SSSR count). The number of pyridine rings is 2. The molecule has 3 heterocycles. The van der Waals surface area contributed by atoms with Gasteiger partial charge < -0.3 is 5.32 Å². The van der Waals surface area contributed by atoms with Gasteiger partial charge in [-0.05, 0) is 37.1 Å². The summed E-state index contributed by atoms with van der Waals surface area (Å²) in [5, 5.41) is 7.44. The highest BCUT2D eigenvalue weighted by molar-refractivity contribution is 5.92. The third kappa shape index (κ3) is 3.42. The van der Waals surface area contributed by atoms with Crippen molar-refractivity contribution in [2.45, 2.75) is 25.3 Å². The normalized spacial score (nSPS) is 13.6. The summed E-state index contributed by atoms with van der Waals surface area (Å²) in [7, 11) is 0. The molecule has 3 aromatic rings. The molecule has 0 bridgehead atoms. The average molecular weight is 333 g/mol. The molecule has 1 aliphatic rings. The van der Waals surface area contributed by atoms with E-state index in [1.54, 1.807) is 30.6 Å². The Labute approximate surface area is 145 Å². The maximum Gasteiger partial charge on any atom is 0.269 e. The summed E-state index contributed by atoms with van der Waals surface area (Å²) in [6, 6.07) is 11.2.